The Bertz CT molecular complexity index is 800. The highest BCUT2D eigenvalue weighted by Gasteiger charge is 2.26. The second-order valence-electron chi connectivity index (χ2n) is 5.32. The van der Waals surface area contributed by atoms with Crippen LogP contribution < -0.4 is 5.32 Å². The topological polar surface area (TPSA) is 46.2 Å². The maximum absolute atomic E-state index is 13.2. The lowest BCUT2D eigenvalue weighted by Gasteiger charge is -2.10. The van der Waals surface area contributed by atoms with Crippen molar-refractivity contribution in [1.82, 2.24) is 0 Å². The first-order chi connectivity index (χ1) is 9.95. The Hall–Kier alpha value is -1.88. The van der Waals surface area contributed by atoms with Crippen molar-refractivity contribution in [2.75, 3.05) is 11.1 Å². The van der Waals surface area contributed by atoms with Gasteiger partial charge in [-0.1, -0.05) is 12.1 Å². The van der Waals surface area contributed by atoms with Gasteiger partial charge in [0.1, 0.15) is 5.82 Å². The average molecular weight is 305 g/mol. The summed E-state index contributed by atoms with van der Waals surface area (Å²) in [7, 11) is -3.13. The molecule has 110 valence electrons. The summed E-state index contributed by atoms with van der Waals surface area (Å²) in [5, 5.41) is 3.17. The maximum Gasteiger partial charge on any atom is 0.179 e. The first-order valence-electron chi connectivity index (χ1n) is 6.80. The standard InChI is InChI=1S/C16H16FNO2S/c1-11-2-4-14(17)8-13(11)10-18-15-5-3-12-6-7-21(19,20)16(12)9-15/h2-5,8-9,18H,6-7,10H2,1H3. The van der Waals surface area contributed by atoms with Crippen LogP contribution in [0.1, 0.15) is 16.7 Å². The Morgan fingerprint density at radius 1 is 1.19 bits per heavy atom. The molecule has 0 amide bonds. The number of hydrogen-bond donors (Lipinski definition) is 1. The molecule has 5 heteroatoms. The second-order valence-corrected chi connectivity index (χ2v) is 7.39. The minimum atomic E-state index is -3.13. The molecule has 3 nitrogen and oxygen atoms in total. The van der Waals surface area contributed by atoms with Gasteiger partial charge < -0.3 is 5.32 Å². The zero-order chi connectivity index (χ0) is 15.0. The summed E-state index contributed by atoms with van der Waals surface area (Å²) >= 11 is 0. The first-order valence-corrected chi connectivity index (χ1v) is 8.45. The van der Waals surface area contributed by atoms with E-state index in [1.807, 2.05) is 19.1 Å². The van der Waals surface area contributed by atoms with Crippen LogP contribution in [-0.2, 0) is 22.8 Å². The summed E-state index contributed by atoms with van der Waals surface area (Å²) in [6.07, 6.45) is 0.584. The highest BCUT2D eigenvalue weighted by molar-refractivity contribution is 7.91. The van der Waals surface area contributed by atoms with Crippen LogP contribution in [0, 0.1) is 12.7 Å². The molecule has 0 spiro atoms. The van der Waals surface area contributed by atoms with E-state index in [-0.39, 0.29) is 11.6 Å². The summed E-state index contributed by atoms with van der Waals surface area (Å²) in [6.45, 7) is 2.38. The Morgan fingerprint density at radius 2 is 2.00 bits per heavy atom. The monoisotopic (exact) mass is 305 g/mol. The van der Waals surface area contributed by atoms with E-state index in [1.165, 1.54) is 12.1 Å². The van der Waals surface area contributed by atoms with Crippen LogP contribution >= 0.6 is 0 Å². The molecule has 0 aromatic heterocycles. The van der Waals surface area contributed by atoms with E-state index in [9.17, 15) is 12.8 Å². The van der Waals surface area contributed by atoms with Gasteiger partial charge in [-0.05, 0) is 54.3 Å². The molecule has 0 bridgehead atoms. The van der Waals surface area contributed by atoms with E-state index in [1.54, 1.807) is 12.1 Å². The molecule has 1 aliphatic rings. The number of benzene rings is 2. The zero-order valence-corrected chi connectivity index (χ0v) is 12.5. The molecule has 1 heterocycles. The smallest absolute Gasteiger partial charge is 0.179 e. The molecule has 2 aromatic rings. The molecule has 0 atom stereocenters. The molecule has 21 heavy (non-hydrogen) atoms. The van der Waals surface area contributed by atoms with Crippen molar-refractivity contribution < 1.29 is 12.8 Å². The van der Waals surface area contributed by atoms with Crippen LogP contribution in [0.2, 0.25) is 0 Å². The zero-order valence-electron chi connectivity index (χ0n) is 11.7. The summed E-state index contributed by atoms with van der Waals surface area (Å²) in [5.74, 6) is -0.0802. The molecule has 0 radical (unpaired) electrons. The Labute approximate surface area is 123 Å². The number of rotatable bonds is 3. The molecule has 1 N–H and O–H groups in total. The molecule has 0 unspecified atom stereocenters. The molecule has 0 aliphatic carbocycles. The molecule has 3 rings (SSSR count). The maximum atomic E-state index is 13.2. The number of aryl methyl sites for hydroxylation is 2. The summed E-state index contributed by atoms with van der Waals surface area (Å²) in [6, 6.07) is 10.0. The Kier molecular flexibility index (Phi) is 3.45. The SMILES string of the molecule is Cc1ccc(F)cc1CNc1ccc2c(c1)S(=O)(=O)CC2. The number of halogens is 1. The van der Waals surface area contributed by atoms with Crippen LogP contribution in [0.25, 0.3) is 0 Å². The lowest BCUT2D eigenvalue weighted by atomic mass is 10.1. The van der Waals surface area contributed by atoms with Gasteiger partial charge >= 0.3 is 0 Å². The molecule has 0 saturated heterocycles. The summed E-state index contributed by atoms with van der Waals surface area (Å²) < 4.78 is 37.0. The summed E-state index contributed by atoms with van der Waals surface area (Å²) in [4.78, 5) is 0.420. The van der Waals surface area contributed by atoms with Gasteiger partial charge in [0.05, 0.1) is 10.6 Å². The van der Waals surface area contributed by atoms with E-state index in [0.29, 0.717) is 17.9 Å². The van der Waals surface area contributed by atoms with Crippen molar-refractivity contribution in [2.45, 2.75) is 24.8 Å². The molecule has 2 aromatic carbocycles. The third-order valence-corrected chi connectivity index (χ3v) is 5.63. The third kappa shape index (κ3) is 2.78. The minimum absolute atomic E-state index is 0.189. The molecular weight excluding hydrogens is 289 g/mol. The van der Waals surface area contributed by atoms with E-state index in [4.69, 9.17) is 0 Å². The number of anilines is 1. The van der Waals surface area contributed by atoms with E-state index < -0.39 is 9.84 Å². The lowest BCUT2D eigenvalue weighted by Crippen LogP contribution is -2.03. The fourth-order valence-electron chi connectivity index (χ4n) is 2.54. The number of hydrogen-bond acceptors (Lipinski definition) is 3. The average Bonchev–Trinajstić information content (AvgIpc) is 2.75. The number of nitrogens with one attached hydrogen (secondary N) is 1. The summed E-state index contributed by atoms with van der Waals surface area (Å²) in [5.41, 5.74) is 3.47. The van der Waals surface area contributed by atoms with Crippen LogP contribution in [0.5, 0.6) is 0 Å². The first kappa shape index (κ1) is 14.1. The highest BCUT2D eigenvalue weighted by atomic mass is 32.2. The minimum Gasteiger partial charge on any atom is -0.381 e. The second kappa shape index (κ2) is 5.15. The van der Waals surface area contributed by atoms with Crippen LogP contribution in [-0.4, -0.2) is 14.2 Å². The molecular formula is C16H16FNO2S. The van der Waals surface area contributed by atoms with Crippen molar-refractivity contribution in [3.8, 4) is 0 Å². The third-order valence-electron chi connectivity index (χ3n) is 3.84. The van der Waals surface area contributed by atoms with E-state index >= 15 is 0 Å². The van der Waals surface area contributed by atoms with Gasteiger partial charge in [0.2, 0.25) is 0 Å². The van der Waals surface area contributed by atoms with Gasteiger partial charge in [0.15, 0.2) is 9.84 Å². The molecule has 1 aliphatic heterocycles. The van der Waals surface area contributed by atoms with E-state index in [0.717, 1.165) is 22.4 Å². The predicted octanol–water partition coefficient (Wildman–Crippen LogP) is 3.08. The largest absolute Gasteiger partial charge is 0.381 e. The fraction of sp³-hybridized carbons (Fsp3) is 0.250. The quantitative estimate of drug-likeness (QED) is 0.948. The van der Waals surface area contributed by atoms with Gasteiger partial charge in [0, 0.05) is 12.2 Å². The van der Waals surface area contributed by atoms with Crippen LogP contribution in [0.3, 0.4) is 0 Å². The Balaban J connectivity index is 1.82. The van der Waals surface area contributed by atoms with Gasteiger partial charge in [-0.2, -0.15) is 0 Å². The normalized spacial score (nSPS) is 15.7. The Morgan fingerprint density at radius 3 is 2.81 bits per heavy atom. The van der Waals surface area contributed by atoms with Crippen molar-refractivity contribution in [3.05, 3.63) is 58.9 Å². The fourth-order valence-corrected chi connectivity index (χ4v) is 4.13. The van der Waals surface area contributed by atoms with Gasteiger partial charge in [0.25, 0.3) is 0 Å². The van der Waals surface area contributed by atoms with Crippen molar-refractivity contribution in [3.63, 3.8) is 0 Å². The van der Waals surface area contributed by atoms with Crippen molar-refractivity contribution in [2.24, 2.45) is 0 Å². The van der Waals surface area contributed by atoms with Gasteiger partial charge in [-0.15, -0.1) is 0 Å². The highest BCUT2D eigenvalue weighted by Crippen LogP contribution is 2.28. The number of fused-ring (bicyclic) bond motifs is 1. The van der Waals surface area contributed by atoms with Gasteiger partial charge in [-0.3, -0.25) is 0 Å². The van der Waals surface area contributed by atoms with E-state index in [2.05, 4.69) is 5.32 Å². The predicted molar refractivity (Wildman–Crippen MR) is 80.7 cm³/mol. The van der Waals surface area contributed by atoms with Crippen LogP contribution in [0.4, 0.5) is 10.1 Å². The number of sulfone groups is 1. The van der Waals surface area contributed by atoms with Crippen LogP contribution in [0.15, 0.2) is 41.3 Å². The molecule has 0 fully saturated rings. The lowest BCUT2D eigenvalue weighted by molar-refractivity contribution is 0.600. The van der Waals surface area contributed by atoms with Gasteiger partial charge in [-0.25, -0.2) is 12.8 Å². The van der Waals surface area contributed by atoms with Crippen molar-refractivity contribution in [1.29, 1.82) is 0 Å². The molecule has 0 saturated carbocycles. The van der Waals surface area contributed by atoms with Crippen molar-refractivity contribution >= 4 is 15.5 Å².